The molecule has 1 aliphatic rings. The van der Waals surface area contributed by atoms with E-state index in [9.17, 15) is 17.6 Å². The summed E-state index contributed by atoms with van der Waals surface area (Å²) in [7, 11) is 0. The molecule has 0 saturated heterocycles. The molecule has 0 bridgehead atoms. The highest BCUT2D eigenvalue weighted by Crippen LogP contribution is 2.34. The third-order valence-corrected chi connectivity index (χ3v) is 4.09. The SMILES string of the molecule is Fc1cc(C(F)(F)F)ccc1N(CCCl)C1CCCCC1. The van der Waals surface area contributed by atoms with Crippen LogP contribution in [0.15, 0.2) is 18.2 Å². The maximum absolute atomic E-state index is 14.1. The Morgan fingerprint density at radius 2 is 1.81 bits per heavy atom. The van der Waals surface area contributed by atoms with Crippen LogP contribution in [0.3, 0.4) is 0 Å². The normalized spacial score (nSPS) is 17.0. The summed E-state index contributed by atoms with van der Waals surface area (Å²) in [4.78, 5) is 1.82. The zero-order chi connectivity index (χ0) is 15.5. The van der Waals surface area contributed by atoms with E-state index in [-0.39, 0.29) is 11.7 Å². The highest BCUT2D eigenvalue weighted by atomic mass is 35.5. The number of hydrogen-bond donors (Lipinski definition) is 0. The van der Waals surface area contributed by atoms with Crippen LogP contribution in [0.25, 0.3) is 0 Å². The fourth-order valence-corrected chi connectivity index (χ4v) is 3.08. The number of alkyl halides is 4. The minimum absolute atomic E-state index is 0.156. The largest absolute Gasteiger partial charge is 0.416 e. The fraction of sp³-hybridized carbons (Fsp3) is 0.600. The second kappa shape index (κ2) is 6.86. The molecule has 0 N–H and O–H groups in total. The van der Waals surface area contributed by atoms with Gasteiger partial charge in [-0.15, -0.1) is 11.6 Å². The average Bonchev–Trinajstić information content (AvgIpc) is 2.45. The van der Waals surface area contributed by atoms with Crippen molar-refractivity contribution in [1.82, 2.24) is 0 Å². The number of anilines is 1. The van der Waals surface area contributed by atoms with Crippen LogP contribution in [0, 0.1) is 5.82 Å². The molecule has 1 aromatic carbocycles. The summed E-state index contributed by atoms with van der Waals surface area (Å²) >= 11 is 5.78. The Morgan fingerprint density at radius 1 is 1.14 bits per heavy atom. The van der Waals surface area contributed by atoms with Crippen molar-refractivity contribution >= 4 is 17.3 Å². The molecule has 2 rings (SSSR count). The predicted molar refractivity (Wildman–Crippen MR) is 76.3 cm³/mol. The lowest BCUT2D eigenvalue weighted by atomic mass is 9.93. The third kappa shape index (κ3) is 4.02. The first-order valence-electron chi connectivity index (χ1n) is 7.13. The molecule has 118 valence electrons. The summed E-state index contributed by atoms with van der Waals surface area (Å²) in [5, 5.41) is 0. The van der Waals surface area contributed by atoms with E-state index in [4.69, 9.17) is 11.6 Å². The summed E-state index contributed by atoms with van der Waals surface area (Å²) in [5.41, 5.74) is -0.742. The Balaban J connectivity index is 2.27. The first kappa shape index (κ1) is 16.4. The van der Waals surface area contributed by atoms with Gasteiger partial charge < -0.3 is 4.90 Å². The maximum atomic E-state index is 14.1. The first-order chi connectivity index (χ1) is 9.93. The molecule has 6 heteroatoms. The summed E-state index contributed by atoms with van der Waals surface area (Å²) in [6.45, 7) is 0.439. The van der Waals surface area contributed by atoms with E-state index < -0.39 is 17.6 Å². The van der Waals surface area contributed by atoms with Gasteiger partial charge >= 0.3 is 6.18 Å². The Bertz CT molecular complexity index is 469. The first-order valence-corrected chi connectivity index (χ1v) is 7.66. The Morgan fingerprint density at radius 3 is 2.33 bits per heavy atom. The van der Waals surface area contributed by atoms with Crippen LogP contribution < -0.4 is 4.90 Å². The van der Waals surface area contributed by atoms with Crippen molar-refractivity contribution in [2.75, 3.05) is 17.3 Å². The van der Waals surface area contributed by atoms with Gasteiger partial charge in [0.2, 0.25) is 0 Å². The van der Waals surface area contributed by atoms with Crippen molar-refractivity contribution in [3.63, 3.8) is 0 Å². The smallest absolute Gasteiger partial charge is 0.365 e. The van der Waals surface area contributed by atoms with E-state index in [2.05, 4.69) is 0 Å². The second-order valence-electron chi connectivity index (χ2n) is 5.34. The molecule has 1 aromatic rings. The van der Waals surface area contributed by atoms with Crippen molar-refractivity contribution < 1.29 is 17.6 Å². The maximum Gasteiger partial charge on any atom is 0.416 e. The summed E-state index contributed by atoms with van der Waals surface area (Å²) in [6.07, 6.45) is 0.606. The summed E-state index contributed by atoms with van der Waals surface area (Å²) in [5.74, 6) is -0.516. The van der Waals surface area contributed by atoms with Gasteiger partial charge in [-0.2, -0.15) is 13.2 Å². The highest BCUT2D eigenvalue weighted by Gasteiger charge is 2.32. The van der Waals surface area contributed by atoms with Gasteiger partial charge in [-0.05, 0) is 31.0 Å². The van der Waals surface area contributed by atoms with Crippen molar-refractivity contribution in [3.05, 3.63) is 29.6 Å². The lowest BCUT2D eigenvalue weighted by Gasteiger charge is -2.36. The van der Waals surface area contributed by atoms with Gasteiger partial charge in [0.1, 0.15) is 5.82 Å². The zero-order valence-electron chi connectivity index (χ0n) is 11.6. The van der Waals surface area contributed by atoms with E-state index in [1.807, 2.05) is 4.90 Å². The molecule has 0 unspecified atom stereocenters. The second-order valence-corrected chi connectivity index (χ2v) is 5.72. The number of benzene rings is 1. The molecular weight excluding hydrogens is 306 g/mol. The fourth-order valence-electron chi connectivity index (χ4n) is 2.90. The van der Waals surface area contributed by atoms with Gasteiger partial charge in [-0.3, -0.25) is 0 Å². The Hall–Kier alpha value is -0.970. The molecule has 1 fully saturated rings. The zero-order valence-corrected chi connectivity index (χ0v) is 12.4. The minimum atomic E-state index is -4.53. The van der Waals surface area contributed by atoms with Gasteiger partial charge in [-0.1, -0.05) is 19.3 Å². The predicted octanol–water partition coefficient (Wildman–Crippen LogP) is 5.22. The van der Waals surface area contributed by atoms with Crippen LogP contribution in [0.5, 0.6) is 0 Å². The van der Waals surface area contributed by atoms with Crippen LogP contribution in [0.1, 0.15) is 37.7 Å². The molecular formula is C15H18ClF4N. The van der Waals surface area contributed by atoms with Crippen molar-refractivity contribution in [2.45, 2.75) is 44.3 Å². The van der Waals surface area contributed by atoms with Crippen LogP contribution in [0.4, 0.5) is 23.2 Å². The summed E-state index contributed by atoms with van der Waals surface area (Å²) in [6, 6.07) is 2.88. The van der Waals surface area contributed by atoms with Gasteiger partial charge in [0.15, 0.2) is 0 Å². The van der Waals surface area contributed by atoms with Crippen LogP contribution in [0.2, 0.25) is 0 Å². The van der Waals surface area contributed by atoms with Crippen LogP contribution >= 0.6 is 11.6 Å². The molecule has 0 heterocycles. The molecule has 1 nitrogen and oxygen atoms in total. The number of halogens is 5. The van der Waals surface area contributed by atoms with E-state index >= 15 is 0 Å². The van der Waals surface area contributed by atoms with Gasteiger partial charge in [0.25, 0.3) is 0 Å². The van der Waals surface area contributed by atoms with Gasteiger partial charge in [0, 0.05) is 18.5 Å². The standard InChI is InChI=1S/C15H18ClF4N/c16-8-9-21(12-4-2-1-3-5-12)14-7-6-11(10-13(14)17)15(18,19)20/h6-7,10,12H,1-5,8-9H2. The number of rotatable bonds is 4. The molecule has 0 spiro atoms. The third-order valence-electron chi connectivity index (χ3n) is 3.93. The minimum Gasteiger partial charge on any atom is -0.365 e. The molecule has 21 heavy (non-hydrogen) atoms. The number of nitrogens with zero attached hydrogens (tertiary/aromatic N) is 1. The lowest BCUT2D eigenvalue weighted by Crippen LogP contribution is -2.38. The van der Waals surface area contributed by atoms with E-state index in [1.165, 1.54) is 6.07 Å². The van der Waals surface area contributed by atoms with E-state index in [1.54, 1.807) is 0 Å². The van der Waals surface area contributed by atoms with Crippen molar-refractivity contribution in [3.8, 4) is 0 Å². The van der Waals surface area contributed by atoms with Crippen LogP contribution in [-0.2, 0) is 6.18 Å². The van der Waals surface area contributed by atoms with Crippen molar-refractivity contribution in [1.29, 1.82) is 0 Å². The van der Waals surface area contributed by atoms with Gasteiger partial charge in [0.05, 0.1) is 11.3 Å². The Labute approximate surface area is 126 Å². The lowest BCUT2D eigenvalue weighted by molar-refractivity contribution is -0.137. The van der Waals surface area contributed by atoms with E-state index in [0.717, 1.165) is 38.2 Å². The Kier molecular flexibility index (Phi) is 5.36. The molecule has 1 aliphatic carbocycles. The number of hydrogen-bond acceptors (Lipinski definition) is 1. The molecule has 0 amide bonds. The van der Waals surface area contributed by atoms with Crippen LogP contribution in [-0.4, -0.2) is 18.5 Å². The highest BCUT2D eigenvalue weighted by molar-refractivity contribution is 6.18. The van der Waals surface area contributed by atoms with Gasteiger partial charge in [-0.25, -0.2) is 4.39 Å². The average molecular weight is 324 g/mol. The quantitative estimate of drug-likeness (QED) is 0.542. The molecule has 0 atom stereocenters. The molecule has 1 saturated carbocycles. The summed E-state index contributed by atoms with van der Waals surface area (Å²) < 4.78 is 51.9. The molecule has 0 aliphatic heterocycles. The van der Waals surface area contributed by atoms with E-state index in [0.29, 0.717) is 18.5 Å². The molecule has 0 aromatic heterocycles. The molecule has 0 radical (unpaired) electrons. The topological polar surface area (TPSA) is 3.24 Å². The monoisotopic (exact) mass is 323 g/mol. The van der Waals surface area contributed by atoms with Crippen molar-refractivity contribution in [2.24, 2.45) is 0 Å².